The molecule has 0 aromatic rings. The van der Waals surface area contributed by atoms with E-state index in [9.17, 15) is 4.79 Å². The molecule has 0 radical (unpaired) electrons. The molecule has 0 aliphatic rings. The van der Waals surface area contributed by atoms with Gasteiger partial charge in [0.2, 0.25) is 5.91 Å². The zero-order valence-electron chi connectivity index (χ0n) is 16.7. The van der Waals surface area contributed by atoms with Crippen molar-refractivity contribution in [3.8, 4) is 0 Å². The zero-order chi connectivity index (χ0) is 19.0. The van der Waals surface area contributed by atoms with Crippen LogP contribution in [0.2, 0.25) is 0 Å². The minimum absolute atomic E-state index is 0.208. The van der Waals surface area contributed by atoms with Crippen LogP contribution in [0.15, 0.2) is 5.10 Å². The lowest BCUT2D eigenvalue weighted by molar-refractivity contribution is -0.121. The highest BCUT2D eigenvalue weighted by Crippen LogP contribution is 2.19. The molecule has 0 aromatic carbocycles. The summed E-state index contributed by atoms with van der Waals surface area (Å²) in [4.78, 5) is 11.7. The fraction of sp³-hybridized carbons (Fsp3) is 0.895. The predicted octanol–water partition coefficient (Wildman–Crippen LogP) is 3.57. The van der Waals surface area contributed by atoms with Gasteiger partial charge in [0.15, 0.2) is 0 Å². The van der Waals surface area contributed by atoms with Crippen LogP contribution in [0.25, 0.3) is 0 Å². The van der Waals surface area contributed by atoms with Crippen molar-refractivity contribution >= 4 is 11.7 Å². The molecule has 0 aromatic heterocycles. The molecule has 0 saturated heterocycles. The van der Waals surface area contributed by atoms with Crippen LogP contribution in [0, 0.1) is 5.41 Å². The van der Waals surface area contributed by atoms with Crippen molar-refractivity contribution in [2.24, 2.45) is 22.2 Å². The minimum atomic E-state index is 0.208. The fourth-order valence-corrected chi connectivity index (χ4v) is 2.75. The molecule has 6 N–H and O–H groups in total. The van der Waals surface area contributed by atoms with E-state index in [2.05, 4.69) is 36.6 Å². The molecule has 0 aliphatic heterocycles. The minimum Gasteiger partial charge on any atom is -0.356 e. The van der Waals surface area contributed by atoms with E-state index in [1.54, 1.807) is 0 Å². The zero-order valence-corrected chi connectivity index (χ0v) is 16.7. The maximum absolute atomic E-state index is 11.7. The lowest BCUT2D eigenvalue weighted by Crippen LogP contribution is -2.31. The van der Waals surface area contributed by atoms with Gasteiger partial charge in [-0.3, -0.25) is 4.79 Å². The monoisotopic (exact) mass is 355 g/mol. The Labute approximate surface area is 154 Å². The average Bonchev–Trinajstić information content (AvgIpc) is 2.56. The highest BCUT2D eigenvalue weighted by Gasteiger charge is 2.09. The summed E-state index contributed by atoms with van der Waals surface area (Å²) in [7, 11) is 0. The van der Waals surface area contributed by atoms with Crippen LogP contribution >= 0.6 is 0 Å². The number of unbranched alkanes of at least 4 members (excludes halogenated alkanes) is 7. The van der Waals surface area contributed by atoms with Gasteiger partial charge in [0.05, 0.1) is 0 Å². The molecule has 0 spiro atoms. The Balaban J connectivity index is 3.31. The molecule has 1 amide bonds. The summed E-state index contributed by atoms with van der Waals surface area (Å²) in [6.45, 7) is 7.51. The molecule has 0 heterocycles. The molecule has 6 heteroatoms. The van der Waals surface area contributed by atoms with Crippen LogP contribution < -0.4 is 22.4 Å². The number of amides is 1. The van der Waals surface area contributed by atoms with E-state index in [0.717, 1.165) is 45.1 Å². The van der Waals surface area contributed by atoms with Gasteiger partial charge in [-0.2, -0.15) is 5.10 Å². The standard InChI is InChI=1S/C19H41N5O/c1-19(2,3)15-12-16-22-18(25)14-11-9-7-5-4-6-8-10-13-17(23-20)24-21/h4-16,20-21H2,1-3H3,(H,22,25)(H,23,24). The summed E-state index contributed by atoms with van der Waals surface area (Å²) in [5.74, 6) is 11.3. The van der Waals surface area contributed by atoms with Gasteiger partial charge in [0.1, 0.15) is 5.84 Å². The van der Waals surface area contributed by atoms with Crippen LogP contribution in [0.5, 0.6) is 0 Å². The summed E-state index contributed by atoms with van der Waals surface area (Å²) in [6, 6.07) is 0. The van der Waals surface area contributed by atoms with Crippen molar-refractivity contribution in [3.05, 3.63) is 0 Å². The number of amidine groups is 1. The molecule has 0 bridgehead atoms. The number of hydrogen-bond donors (Lipinski definition) is 4. The van der Waals surface area contributed by atoms with Gasteiger partial charge in [0, 0.05) is 19.4 Å². The molecule has 0 aliphatic carbocycles. The second kappa shape index (κ2) is 15.0. The molecule has 0 unspecified atom stereocenters. The topological polar surface area (TPSA) is 106 Å². The SMILES string of the molecule is CC(C)(C)CCCNC(=O)CCCCCCCCCC/C(=N/N)NN. The van der Waals surface area contributed by atoms with Crippen molar-refractivity contribution in [3.63, 3.8) is 0 Å². The Morgan fingerprint density at radius 3 is 1.88 bits per heavy atom. The first-order valence-corrected chi connectivity index (χ1v) is 9.89. The van der Waals surface area contributed by atoms with Crippen molar-refractivity contribution in [2.75, 3.05) is 6.54 Å². The molecule has 25 heavy (non-hydrogen) atoms. The van der Waals surface area contributed by atoms with Crippen LogP contribution in [0.3, 0.4) is 0 Å². The molecule has 0 fully saturated rings. The van der Waals surface area contributed by atoms with E-state index in [1.165, 1.54) is 32.1 Å². The van der Waals surface area contributed by atoms with Gasteiger partial charge in [-0.05, 0) is 31.1 Å². The smallest absolute Gasteiger partial charge is 0.219 e. The molecule has 148 valence electrons. The van der Waals surface area contributed by atoms with Crippen molar-refractivity contribution in [1.82, 2.24) is 10.7 Å². The summed E-state index contributed by atoms with van der Waals surface area (Å²) < 4.78 is 0. The number of hydrogen-bond acceptors (Lipinski definition) is 4. The first kappa shape index (κ1) is 23.7. The van der Waals surface area contributed by atoms with Gasteiger partial charge in [-0.1, -0.05) is 59.3 Å². The third kappa shape index (κ3) is 17.3. The fourth-order valence-electron chi connectivity index (χ4n) is 2.75. The number of hydrazone groups is 1. The quantitative estimate of drug-likeness (QED) is 0.126. The summed E-state index contributed by atoms with van der Waals surface area (Å²) in [6.07, 6.45) is 13.1. The number of hydrazine groups is 1. The third-order valence-electron chi connectivity index (χ3n) is 4.32. The summed E-state index contributed by atoms with van der Waals surface area (Å²) >= 11 is 0. The maximum Gasteiger partial charge on any atom is 0.219 e. The number of carbonyl (C=O) groups is 1. The number of nitrogens with two attached hydrogens (primary N) is 2. The average molecular weight is 356 g/mol. The summed E-state index contributed by atoms with van der Waals surface area (Å²) in [5, 5.41) is 6.60. The highest BCUT2D eigenvalue weighted by molar-refractivity contribution is 5.81. The number of nitrogens with one attached hydrogen (secondary N) is 2. The van der Waals surface area contributed by atoms with E-state index < -0.39 is 0 Å². The Morgan fingerprint density at radius 1 is 0.880 bits per heavy atom. The normalized spacial score (nSPS) is 12.2. The Kier molecular flexibility index (Phi) is 14.2. The van der Waals surface area contributed by atoms with Crippen molar-refractivity contribution in [1.29, 1.82) is 0 Å². The Bertz CT molecular complexity index is 363. The van der Waals surface area contributed by atoms with Gasteiger partial charge >= 0.3 is 0 Å². The first-order chi connectivity index (χ1) is 11.9. The van der Waals surface area contributed by atoms with Crippen LogP contribution in [0.1, 0.15) is 97.8 Å². The van der Waals surface area contributed by atoms with E-state index in [1.807, 2.05) is 0 Å². The van der Waals surface area contributed by atoms with Crippen LogP contribution in [0.4, 0.5) is 0 Å². The molecular formula is C19H41N5O. The maximum atomic E-state index is 11.7. The van der Waals surface area contributed by atoms with Crippen molar-refractivity contribution in [2.45, 2.75) is 97.8 Å². The Hall–Kier alpha value is -1.30. The van der Waals surface area contributed by atoms with E-state index in [-0.39, 0.29) is 5.91 Å². The van der Waals surface area contributed by atoms with E-state index >= 15 is 0 Å². The predicted molar refractivity (Wildman–Crippen MR) is 107 cm³/mol. The number of rotatable bonds is 14. The molecule has 6 nitrogen and oxygen atoms in total. The van der Waals surface area contributed by atoms with Crippen LogP contribution in [-0.4, -0.2) is 18.3 Å². The van der Waals surface area contributed by atoms with E-state index in [4.69, 9.17) is 11.7 Å². The summed E-state index contributed by atoms with van der Waals surface area (Å²) in [5.41, 5.74) is 2.85. The first-order valence-electron chi connectivity index (χ1n) is 9.89. The second-order valence-electron chi connectivity index (χ2n) is 8.06. The lowest BCUT2D eigenvalue weighted by Gasteiger charge is -2.17. The molecule has 0 rings (SSSR count). The van der Waals surface area contributed by atoms with Crippen molar-refractivity contribution < 1.29 is 4.79 Å². The number of carbonyl (C=O) groups excluding carboxylic acids is 1. The second-order valence-corrected chi connectivity index (χ2v) is 8.06. The van der Waals surface area contributed by atoms with Gasteiger partial charge < -0.3 is 16.6 Å². The Morgan fingerprint density at radius 2 is 1.40 bits per heavy atom. The molecule has 0 atom stereocenters. The largest absolute Gasteiger partial charge is 0.356 e. The van der Waals surface area contributed by atoms with Crippen LogP contribution in [-0.2, 0) is 4.79 Å². The highest BCUT2D eigenvalue weighted by atomic mass is 16.1. The number of nitrogens with zero attached hydrogens (tertiary/aromatic N) is 1. The third-order valence-corrected chi connectivity index (χ3v) is 4.32. The van der Waals surface area contributed by atoms with E-state index in [0.29, 0.717) is 17.7 Å². The molecule has 0 saturated carbocycles. The molecular weight excluding hydrogens is 314 g/mol. The van der Waals surface area contributed by atoms with Gasteiger partial charge in [0.25, 0.3) is 0 Å². The lowest BCUT2D eigenvalue weighted by atomic mass is 9.91. The van der Waals surface area contributed by atoms with Gasteiger partial charge in [-0.25, -0.2) is 5.84 Å². The van der Waals surface area contributed by atoms with Gasteiger partial charge in [-0.15, -0.1) is 0 Å².